The Kier molecular flexibility index (Phi) is 7.14. The van der Waals surface area contributed by atoms with Gasteiger partial charge in [0.2, 0.25) is 11.8 Å². The minimum absolute atomic E-state index is 0.0235. The van der Waals surface area contributed by atoms with Crippen LogP contribution >= 0.6 is 0 Å². The predicted molar refractivity (Wildman–Crippen MR) is 142 cm³/mol. The molecule has 1 aromatic rings. The second-order valence-electron chi connectivity index (χ2n) is 13.0. The maximum Gasteiger partial charge on any atom is 0.471 e. The number of anilines is 1. The zero-order chi connectivity index (χ0) is 31.6. The van der Waals surface area contributed by atoms with Crippen LogP contribution in [0.3, 0.4) is 0 Å². The molecule has 12 nitrogen and oxygen atoms in total. The molecule has 3 aliphatic heterocycles. The first-order chi connectivity index (χ1) is 20.0. The molecule has 4 N–H and O–H groups in total. The molecule has 43 heavy (non-hydrogen) atoms. The summed E-state index contributed by atoms with van der Waals surface area (Å²) in [7, 11) is 0. The Labute approximate surface area is 244 Å². The van der Waals surface area contributed by atoms with E-state index in [-0.39, 0.29) is 35.9 Å². The van der Waals surface area contributed by atoms with Gasteiger partial charge in [-0.3, -0.25) is 14.4 Å². The summed E-state index contributed by atoms with van der Waals surface area (Å²) in [6, 6.07) is 1.54. The molecule has 0 bridgehead atoms. The third kappa shape index (κ3) is 5.25. The molecule has 1 aromatic carbocycles. The maximum atomic E-state index is 13.8. The molecule has 1 aliphatic carbocycles. The average Bonchev–Trinajstić information content (AvgIpc) is 3.41. The van der Waals surface area contributed by atoms with Crippen LogP contribution < -0.4 is 31.3 Å². The summed E-state index contributed by atoms with van der Waals surface area (Å²) < 4.78 is 39.3. The topological polar surface area (TPSA) is 162 Å². The van der Waals surface area contributed by atoms with Crippen molar-refractivity contribution in [1.82, 2.24) is 21.2 Å². The second kappa shape index (κ2) is 10.2. The van der Waals surface area contributed by atoms with Crippen molar-refractivity contribution >= 4 is 29.4 Å². The van der Waals surface area contributed by atoms with Gasteiger partial charge in [-0.25, -0.2) is 4.79 Å². The Morgan fingerprint density at radius 1 is 1.16 bits per heavy atom. The molecule has 1 unspecified atom stereocenters. The van der Waals surface area contributed by atoms with Crippen LogP contribution in [0.25, 0.3) is 0 Å². The van der Waals surface area contributed by atoms with Crippen molar-refractivity contribution in [1.29, 1.82) is 5.26 Å². The van der Waals surface area contributed by atoms with Crippen molar-refractivity contribution in [3.63, 3.8) is 0 Å². The summed E-state index contributed by atoms with van der Waals surface area (Å²) in [6.45, 7) is 8.52. The number of nitrogens with zero attached hydrogens (tertiary/aromatic N) is 2. The molecule has 1 saturated carbocycles. The molecule has 6 atom stereocenters. The molecule has 0 spiro atoms. The molecule has 0 aromatic heterocycles. The van der Waals surface area contributed by atoms with E-state index in [2.05, 4.69) is 16.3 Å². The molecular weight excluding hydrogens is 573 g/mol. The fourth-order valence-electron chi connectivity index (χ4n) is 6.45. The normalized spacial score (nSPS) is 25.8. The Bertz CT molecular complexity index is 1470. The number of rotatable bonds is 6. The highest BCUT2D eigenvalue weighted by Crippen LogP contribution is 2.65. The number of alkyl halides is 3. The minimum Gasteiger partial charge on any atom is -0.370 e. The molecule has 5 rings (SSSR count). The predicted octanol–water partition coefficient (Wildman–Crippen LogP) is 2.08. The van der Waals surface area contributed by atoms with Gasteiger partial charge >= 0.3 is 12.1 Å². The second-order valence-corrected chi connectivity index (χ2v) is 13.0. The van der Waals surface area contributed by atoms with Gasteiger partial charge in [0.25, 0.3) is 0 Å². The van der Waals surface area contributed by atoms with Gasteiger partial charge in [0.05, 0.1) is 6.07 Å². The molecule has 3 heterocycles. The van der Waals surface area contributed by atoms with Gasteiger partial charge in [-0.05, 0) is 40.7 Å². The quantitative estimate of drug-likeness (QED) is 0.356. The smallest absolute Gasteiger partial charge is 0.370 e. The lowest BCUT2D eigenvalue weighted by Crippen LogP contribution is -2.61. The largest absolute Gasteiger partial charge is 0.471 e. The van der Waals surface area contributed by atoms with E-state index in [0.29, 0.717) is 22.7 Å². The number of hydrogen-bond donors (Lipinski definition) is 4. The molecule has 4 aliphatic rings. The van der Waals surface area contributed by atoms with Gasteiger partial charge < -0.3 is 30.5 Å². The standard InChI is InChI=1S/C28H31F3N6O6/c1-26(2,3)22(35-25(41)28(29,30)31)24(40)37-10-15-20(27(15,4)5)21(37)23(39)33-12(9-32)6-13-14-7-18-19(43-36-42-18)8-16(14)34-17(13)11-38/h7-8,12-13,15,20-22,34,36H,6,10H2,1-5H3,(H,33,39)(H,35,41)/t12-,13?,15-,20-,21-,22+/m0/s1. The summed E-state index contributed by atoms with van der Waals surface area (Å²) >= 11 is 0. The SMILES string of the molecule is CC(C)(C)[C@H](NC(=O)C(F)(F)F)C(=O)N1C[C@H]2[C@@H]([C@H]1C(=O)N[C@H](C#N)CC1C(=C=O)Nc3cc4c(cc31)ONO4)C2(C)C. The highest BCUT2D eigenvalue weighted by atomic mass is 19.4. The van der Waals surface area contributed by atoms with E-state index in [4.69, 9.17) is 9.68 Å². The van der Waals surface area contributed by atoms with E-state index >= 15 is 0 Å². The van der Waals surface area contributed by atoms with Crippen LogP contribution in [-0.2, 0) is 19.2 Å². The van der Waals surface area contributed by atoms with Crippen molar-refractivity contribution in [3.05, 3.63) is 23.4 Å². The number of carbonyl (C=O) groups excluding carboxylic acids is 4. The maximum absolute atomic E-state index is 13.8. The lowest BCUT2D eigenvalue weighted by atomic mass is 9.85. The highest BCUT2D eigenvalue weighted by molar-refractivity contribution is 5.95. The molecule has 15 heteroatoms. The lowest BCUT2D eigenvalue weighted by Gasteiger charge is -2.37. The number of hydrogen-bond acceptors (Lipinski definition) is 9. The van der Waals surface area contributed by atoms with Gasteiger partial charge in [0, 0.05) is 29.9 Å². The van der Waals surface area contributed by atoms with E-state index in [0.717, 1.165) is 0 Å². The van der Waals surface area contributed by atoms with Crippen molar-refractivity contribution in [3.8, 4) is 17.6 Å². The third-order valence-corrected chi connectivity index (χ3v) is 8.87. The molecule has 2 fully saturated rings. The number of fused-ring (bicyclic) bond motifs is 3. The number of allylic oxidation sites excluding steroid dienone is 1. The van der Waals surface area contributed by atoms with E-state index < -0.39 is 53.4 Å². The zero-order valence-corrected chi connectivity index (χ0v) is 24.0. The van der Waals surface area contributed by atoms with Crippen molar-refractivity contribution < 1.29 is 42.0 Å². The van der Waals surface area contributed by atoms with Crippen LogP contribution in [0.15, 0.2) is 17.8 Å². The number of nitrogens with one attached hydrogen (secondary N) is 4. The summed E-state index contributed by atoms with van der Waals surface area (Å²) in [5, 5.41) is 17.4. The average molecular weight is 605 g/mol. The Morgan fingerprint density at radius 2 is 1.81 bits per heavy atom. The molecule has 230 valence electrons. The lowest BCUT2D eigenvalue weighted by molar-refractivity contribution is -0.176. The first-order valence-electron chi connectivity index (χ1n) is 13.7. The third-order valence-electron chi connectivity index (χ3n) is 8.87. The summed E-state index contributed by atoms with van der Waals surface area (Å²) in [4.78, 5) is 62.6. The Balaban J connectivity index is 1.37. The number of benzene rings is 1. The number of halogens is 3. The van der Waals surface area contributed by atoms with E-state index in [9.17, 15) is 37.6 Å². The van der Waals surface area contributed by atoms with E-state index in [1.165, 1.54) is 25.7 Å². The Morgan fingerprint density at radius 3 is 2.40 bits per heavy atom. The van der Waals surface area contributed by atoms with Crippen molar-refractivity contribution in [2.24, 2.45) is 22.7 Å². The van der Waals surface area contributed by atoms with Crippen LogP contribution in [0.4, 0.5) is 18.9 Å². The van der Waals surface area contributed by atoms with Gasteiger partial charge in [0.1, 0.15) is 29.8 Å². The van der Waals surface area contributed by atoms with Crippen molar-refractivity contribution in [2.45, 2.75) is 71.3 Å². The molecule has 1 saturated heterocycles. The van der Waals surface area contributed by atoms with Gasteiger partial charge in [0.15, 0.2) is 11.5 Å². The van der Waals surface area contributed by atoms with Crippen LogP contribution in [0.5, 0.6) is 11.5 Å². The number of nitriles is 1. The number of carbonyl (C=O) groups is 3. The van der Waals surface area contributed by atoms with Crippen LogP contribution in [-0.4, -0.2) is 59.4 Å². The van der Waals surface area contributed by atoms with Crippen LogP contribution in [0.1, 0.15) is 52.5 Å². The van der Waals surface area contributed by atoms with Gasteiger partial charge in [-0.15, -0.1) is 0 Å². The van der Waals surface area contributed by atoms with Crippen LogP contribution in [0, 0.1) is 34.0 Å². The summed E-state index contributed by atoms with van der Waals surface area (Å²) in [6.07, 6.45) is -5.22. The molecule has 0 radical (unpaired) electrons. The van der Waals surface area contributed by atoms with Crippen molar-refractivity contribution in [2.75, 3.05) is 11.9 Å². The van der Waals surface area contributed by atoms with E-state index in [1.807, 2.05) is 31.2 Å². The summed E-state index contributed by atoms with van der Waals surface area (Å²) in [5.41, 5.74) is 2.14. The van der Waals surface area contributed by atoms with Crippen LogP contribution in [0.2, 0.25) is 0 Å². The number of piperidine rings is 1. The van der Waals surface area contributed by atoms with Gasteiger partial charge in [-0.1, -0.05) is 34.6 Å². The Hall–Kier alpha value is -4.28. The molecule has 3 amide bonds. The molecular formula is C28H31F3N6O6. The van der Waals surface area contributed by atoms with E-state index in [1.54, 1.807) is 12.1 Å². The fraction of sp³-hybridized carbons (Fsp3) is 0.571. The summed E-state index contributed by atoms with van der Waals surface area (Å²) in [5.74, 6) is -2.18. The monoisotopic (exact) mass is 604 g/mol. The minimum atomic E-state index is -5.20. The number of likely N-dealkylation sites (tertiary alicyclic amines) is 1. The highest BCUT2D eigenvalue weighted by Gasteiger charge is 2.70. The van der Waals surface area contributed by atoms with Gasteiger partial charge in [-0.2, -0.15) is 18.4 Å². The number of amides is 3. The first kappa shape index (κ1) is 30.2. The zero-order valence-electron chi connectivity index (χ0n) is 24.0. The first-order valence-corrected chi connectivity index (χ1v) is 13.7. The fourth-order valence-corrected chi connectivity index (χ4v) is 6.45.